The molecule has 0 aliphatic heterocycles. The molecule has 0 aliphatic rings. The number of aliphatic hydroxyl groups is 1. The third-order valence-electron chi connectivity index (χ3n) is 1.75. The lowest BCUT2D eigenvalue weighted by molar-refractivity contribution is -0.149. The summed E-state index contributed by atoms with van der Waals surface area (Å²) in [4.78, 5) is 21.8. The van der Waals surface area contributed by atoms with Gasteiger partial charge >= 0.3 is 12.0 Å². The third-order valence-corrected chi connectivity index (χ3v) is 1.75. The summed E-state index contributed by atoms with van der Waals surface area (Å²) in [6.07, 6.45) is 0.574. The molecular weight excluding hydrogens is 200 g/mol. The van der Waals surface area contributed by atoms with Crippen LogP contribution in [0.2, 0.25) is 0 Å². The van der Waals surface area contributed by atoms with Crippen molar-refractivity contribution in [3.63, 3.8) is 0 Å². The molecule has 6 heteroatoms. The zero-order valence-corrected chi connectivity index (χ0v) is 9.08. The van der Waals surface area contributed by atoms with Gasteiger partial charge in [-0.3, -0.25) is 0 Å². The number of unbranched alkanes of at least 4 members (excludes halogenated alkanes) is 1. The quantitative estimate of drug-likeness (QED) is 0.419. The van der Waals surface area contributed by atoms with Crippen LogP contribution in [0.15, 0.2) is 0 Å². The first-order valence-corrected chi connectivity index (χ1v) is 4.89. The lowest BCUT2D eigenvalue weighted by Gasteiger charge is -2.10. The first kappa shape index (κ1) is 13.7. The highest BCUT2D eigenvalue weighted by molar-refractivity contribution is 5.77. The van der Waals surface area contributed by atoms with Gasteiger partial charge in [0, 0.05) is 6.54 Å². The first-order chi connectivity index (χ1) is 7.11. The second kappa shape index (κ2) is 8.05. The molecule has 1 atom stereocenters. The Hall–Kier alpha value is -1.30. The van der Waals surface area contributed by atoms with E-state index in [4.69, 9.17) is 5.11 Å². The molecule has 6 nitrogen and oxygen atoms in total. The number of carbonyl (C=O) groups is 2. The Morgan fingerprint density at radius 1 is 1.40 bits per heavy atom. The number of methoxy groups -OCH3 is 1. The van der Waals surface area contributed by atoms with Gasteiger partial charge in [-0.25, -0.2) is 9.59 Å². The zero-order chi connectivity index (χ0) is 11.7. The van der Waals surface area contributed by atoms with Gasteiger partial charge < -0.3 is 20.5 Å². The second-order valence-corrected chi connectivity index (χ2v) is 3.03. The van der Waals surface area contributed by atoms with Crippen molar-refractivity contribution in [1.82, 2.24) is 10.6 Å². The second-order valence-electron chi connectivity index (χ2n) is 3.03. The molecule has 0 spiro atoms. The van der Waals surface area contributed by atoms with Crippen molar-refractivity contribution in [1.29, 1.82) is 0 Å². The Kier molecular flexibility index (Phi) is 7.35. The number of amides is 2. The van der Waals surface area contributed by atoms with Crippen LogP contribution in [0.4, 0.5) is 4.79 Å². The predicted octanol–water partition coefficient (Wildman–Crippen LogP) is -0.380. The lowest BCUT2D eigenvalue weighted by Crippen LogP contribution is -2.42. The van der Waals surface area contributed by atoms with Gasteiger partial charge in [0.2, 0.25) is 0 Å². The highest BCUT2D eigenvalue weighted by Crippen LogP contribution is 1.85. The van der Waals surface area contributed by atoms with E-state index in [1.807, 2.05) is 6.92 Å². The van der Waals surface area contributed by atoms with E-state index in [0.29, 0.717) is 6.54 Å². The fraction of sp³-hybridized carbons (Fsp3) is 0.778. The number of esters is 1. The Morgan fingerprint density at radius 2 is 2.07 bits per heavy atom. The molecule has 0 aromatic rings. The van der Waals surface area contributed by atoms with Crippen LogP contribution in [0.5, 0.6) is 0 Å². The molecule has 0 radical (unpaired) electrons. The van der Waals surface area contributed by atoms with Crippen LogP contribution >= 0.6 is 0 Å². The van der Waals surface area contributed by atoms with E-state index >= 15 is 0 Å². The molecular formula is C9H18N2O4. The molecule has 0 heterocycles. The summed E-state index contributed by atoms with van der Waals surface area (Å²) in [5.74, 6) is -0.760. The van der Waals surface area contributed by atoms with Crippen molar-refractivity contribution in [2.45, 2.75) is 25.9 Å². The summed E-state index contributed by atoms with van der Waals surface area (Å²) in [7, 11) is 1.17. The first-order valence-electron chi connectivity index (χ1n) is 4.89. The van der Waals surface area contributed by atoms with E-state index in [1.54, 1.807) is 0 Å². The van der Waals surface area contributed by atoms with Crippen LogP contribution in [-0.4, -0.2) is 43.4 Å². The molecule has 3 N–H and O–H groups in total. The summed E-state index contributed by atoms with van der Waals surface area (Å²) in [6, 6.07) is -0.397. The minimum atomic E-state index is -1.31. The van der Waals surface area contributed by atoms with Gasteiger partial charge in [-0.1, -0.05) is 13.3 Å². The normalized spacial score (nSPS) is 11.7. The van der Waals surface area contributed by atoms with E-state index in [9.17, 15) is 9.59 Å². The standard InChI is InChI=1S/C9H18N2O4/c1-3-4-5-10-9(14)11-6-7(12)8(13)15-2/h7,12H,3-6H2,1-2H3,(H2,10,11,14). The summed E-state index contributed by atoms with van der Waals surface area (Å²) < 4.78 is 4.28. The zero-order valence-electron chi connectivity index (χ0n) is 9.08. The van der Waals surface area contributed by atoms with Crippen LogP contribution in [0, 0.1) is 0 Å². The molecule has 0 fully saturated rings. The van der Waals surface area contributed by atoms with Crippen molar-refractivity contribution in [2.75, 3.05) is 20.2 Å². The molecule has 0 rings (SSSR count). The van der Waals surface area contributed by atoms with Gasteiger partial charge in [0.1, 0.15) is 0 Å². The molecule has 0 aromatic carbocycles. The number of nitrogens with one attached hydrogen (secondary N) is 2. The van der Waals surface area contributed by atoms with Gasteiger partial charge in [-0.15, -0.1) is 0 Å². The maximum absolute atomic E-state index is 11.0. The molecule has 0 aromatic heterocycles. The van der Waals surface area contributed by atoms with Crippen molar-refractivity contribution >= 4 is 12.0 Å². The maximum atomic E-state index is 11.0. The van der Waals surface area contributed by atoms with Crippen molar-refractivity contribution < 1.29 is 19.4 Å². The minimum absolute atomic E-state index is 0.148. The summed E-state index contributed by atoms with van der Waals surface area (Å²) in [5.41, 5.74) is 0. The lowest BCUT2D eigenvalue weighted by atomic mass is 10.3. The van der Waals surface area contributed by atoms with E-state index < -0.39 is 18.1 Å². The number of carbonyl (C=O) groups excluding carboxylic acids is 2. The summed E-state index contributed by atoms with van der Waals surface area (Å²) in [5, 5.41) is 14.1. The number of ether oxygens (including phenoxy) is 1. The Morgan fingerprint density at radius 3 is 2.60 bits per heavy atom. The Bertz CT molecular complexity index is 208. The number of urea groups is 1. The fourth-order valence-corrected chi connectivity index (χ4v) is 0.850. The summed E-state index contributed by atoms with van der Waals surface area (Å²) >= 11 is 0. The molecule has 2 amide bonds. The Balaban J connectivity index is 3.57. The Labute approximate surface area is 89.0 Å². The van der Waals surface area contributed by atoms with Crippen LogP contribution in [0.1, 0.15) is 19.8 Å². The van der Waals surface area contributed by atoms with Crippen LogP contribution in [-0.2, 0) is 9.53 Å². The van der Waals surface area contributed by atoms with Crippen LogP contribution in [0.25, 0.3) is 0 Å². The van der Waals surface area contributed by atoms with Crippen LogP contribution < -0.4 is 10.6 Å². The number of hydrogen-bond acceptors (Lipinski definition) is 4. The predicted molar refractivity (Wildman–Crippen MR) is 54.3 cm³/mol. The molecule has 15 heavy (non-hydrogen) atoms. The average molecular weight is 218 g/mol. The van der Waals surface area contributed by atoms with Gasteiger partial charge in [0.15, 0.2) is 6.10 Å². The van der Waals surface area contributed by atoms with Crippen LogP contribution in [0.3, 0.4) is 0 Å². The minimum Gasteiger partial charge on any atom is -0.467 e. The van der Waals surface area contributed by atoms with Gasteiger partial charge in [0.25, 0.3) is 0 Å². The smallest absolute Gasteiger partial charge is 0.336 e. The molecule has 0 aliphatic carbocycles. The third kappa shape index (κ3) is 6.73. The highest BCUT2D eigenvalue weighted by Gasteiger charge is 2.15. The number of aliphatic hydroxyl groups excluding tert-OH is 1. The summed E-state index contributed by atoms with van der Waals surface area (Å²) in [6.45, 7) is 2.45. The molecule has 0 saturated carbocycles. The topological polar surface area (TPSA) is 87.7 Å². The molecule has 0 saturated heterocycles. The molecule has 88 valence electrons. The molecule has 0 bridgehead atoms. The number of hydrogen-bond donors (Lipinski definition) is 3. The molecule has 1 unspecified atom stereocenters. The van der Waals surface area contributed by atoms with Gasteiger partial charge in [0.05, 0.1) is 13.7 Å². The van der Waals surface area contributed by atoms with Gasteiger partial charge in [-0.2, -0.15) is 0 Å². The van der Waals surface area contributed by atoms with Crippen molar-refractivity contribution in [3.05, 3.63) is 0 Å². The fourth-order valence-electron chi connectivity index (χ4n) is 0.850. The van der Waals surface area contributed by atoms with Crippen molar-refractivity contribution in [3.8, 4) is 0 Å². The van der Waals surface area contributed by atoms with Crippen molar-refractivity contribution in [2.24, 2.45) is 0 Å². The highest BCUT2D eigenvalue weighted by atomic mass is 16.5. The SMILES string of the molecule is CCCCNC(=O)NCC(O)C(=O)OC. The monoisotopic (exact) mass is 218 g/mol. The number of rotatable bonds is 6. The van der Waals surface area contributed by atoms with E-state index in [0.717, 1.165) is 12.8 Å². The average Bonchev–Trinajstić information content (AvgIpc) is 2.25. The van der Waals surface area contributed by atoms with E-state index in [-0.39, 0.29) is 6.54 Å². The van der Waals surface area contributed by atoms with Gasteiger partial charge in [-0.05, 0) is 6.42 Å². The van der Waals surface area contributed by atoms with E-state index in [1.165, 1.54) is 7.11 Å². The largest absolute Gasteiger partial charge is 0.467 e. The maximum Gasteiger partial charge on any atom is 0.336 e. The van der Waals surface area contributed by atoms with E-state index in [2.05, 4.69) is 15.4 Å².